The Kier molecular flexibility index (Phi) is 15.8. The SMILES string of the molecule is CC(C)(C)C(=O)NCCc1ccc(O[C@H]2OC(CO[C@H]3OC(CO)[C@@H](O)[C@H](O)C3n3cc(-c4ccccc4)nn3)[C@@H](O)[C@H](O[C@@H]3OC(CO)[C@H](O)C(O)[C@@H]3n3cc(-c4ccccc4)nn3)C2O)cc1. The first-order valence-electron chi connectivity index (χ1n) is 22.7. The van der Waals surface area contributed by atoms with E-state index >= 15 is 0 Å². The standard InChI is InChI=1S/C47H59N7O15/c1-47(2,3)46(63)48-19-18-25-14-16-28(17-15-25)65-45-41(62)42(69-44-35(40(61)37(58)32(23-56)67-44)54-21-30(50-52-54)27-12-8-5-9-13-27)38(59)33(68-45)24-64-43-34(39(60)36(57)31(22-55)66-43)53-20-29(49-51-53)26-10-6-4-7-11-26/h4-17,20-21,31-45,55-62H,18-19,22-24H2,1-3H3,(H,48,63)/t31?,32?,33?,34?,35-,36+,37-,38+,39+,40?,41?,42-,43-,44-,45-/m0/s1. The lowest BCUT2D eigenvalue weighted by Gasteiger charge is -2.47. The van der Waals surface area contributed by atoms with E-state index < -0.39 is 117 Å². The van der Waals surface area contributed by atoms with Gasteiger partial charge in [-0.05, 0) is 24.1 Å². The van der Waals surface area contributed by atoms with Gasteiger partial charge in [-0.15, -0.1) is 10.2 Å². The van der Waals surface area contributed by atoms with E-state index in [1.807, 2.05) is 57.2 Å². The van der Waals surface area contributed by atoms with Crippen LogP contribution in [0.15, 0.2) is 97.3 Å². The number of nitrogens with zero attached hydrogens (tertiary/aromatic N) is 6. The number of carbonyl (C=O) groups excluding carboxylic acids is 1. The fourth-order valence-corrected chi connectivity index (χ4v) is 8.37. The molecular formula is C47H59N7O15. The fourth-order valence-electron chi connectivity index (χ4n) is 8.37. The van der Waals surface area contributed by atoms with Gasteiger partial charge in [0.05, 0.1) is 32.2 Å². The zero-order valence-electron chi connectivity index (χ0n) is 38.1. The lowest BCUT2D eigenvalue weighted by Crippen LogP contribution is -2.64. The van der Waals surface area contributed by atoms with Crippen LogP contribution in [0.2, 0.25) is 0 Å². The number of benzene rings is 3. The van der Waals surface area contributed by atoms with Crippen LogP contribution < -0.4 is 10.1 Å². The van der Waals surface area contributed by atoms with Crippen molar-refractivity contribution >= 4 is 5.91 Å². The Balaban J connectivity index is 1.07. The highest BCUT2D eigenvalue weighted by Gasteiger charge is 2.54. The fraction of sp³-hybridized carbons (Fsp3) is 0.511. The second-order valence-corrected chi connectivity index (χ2v) is 18.3. The quantitative estimate of drug-likeness (QED) is 0.0602. The molecule has 0 saturated carbocycles. The van der Waals surface area contributed by atoms with E-state index in [2.05, 4.69) is 25.9 Å². The molecule has 3 aliphatic heterocycles. The average molecular weight is 962 g/mol. The van der Waals surface area contributed by atoms with Gasteiger partial charge in [-0.2, -0.15) is 0 Å². The van der Waals surface area contributed by atoms with Gasteiger partial charge in [0.25, 0.3) is 0 Å². The summed E-state index contributed by atoms with van der Waals surface area (Å²) < 4.78 is 39.5. The Labute approximate surface area is 396 Å². The highest BCUT2D eigenvalue weighted by atomic mass is 16.7. The molecule has 8 rings (SSSR count). The summed E-state index contributed by atoms with van der Waals surface area (Å²) in [4.78, 5) is 12.4. The Morgan fingerprint density at radius 1 is 0.638 bits per heavy atom. The number of hydrogen-bond acceptors (Lipinski definition) is 19. The molecule has 69 heavy (non-hydrogen) atoms. The number of rotatable bonds is 16. The Morgan fingerprint density at radius 2 is 1.14 bits per heavy atom. The summed E-state index contributed by atoms with van der Waals surface area (Å²) in [7, 11) is 0. The van der Waals surface area contributed by atoms with Gasteiger partial charge in [0, 0.05) is 23.1 Å². The third-order valence-electron chi connectivity index (χ3n) is 12.4. The predicted octanol–water partition coefficient (Wildman–Crippen LogP) is -0.504. The van der Waals surface area contributed by atoms with Gasteiger partial charge < -0.3 is 74.6 Å². The van der Waals surface area contributed by atoms with Crippen LogP contribution in [0.4, 0.5) is 0 Å². The van der Waals surface area contributed by atoms with Crippen LogP contribution in [-0.4, -0.2) is 183 Å². The van der Waals surface area contributed by atoms with Crippen LogP contribution >= 0.6 is 0 Å². The van der Waals surface area contributed by atoms with Crippen molar-refractivity contribution in [3.63, 3.8) is 0 Å². The zero-order valence-corrected chi connectivity index (χ0v) is 38.1. The summed E-state index contributed by atoms with van der Waals surface area (Å²) in [5, 5.41) is 109. The summed E-state index contributed by atoms with van der Waals surface area (Å²) in [6, 6.07) is 22.3. The van der Waals surface area contributed by atoms with E-state index in [0.717, 1.165) is 5.56 Å². The van der Waals surface area contributed by atoms with Crippen LogP contribution in [0.3, 0.4) is 0 Å². The normalized spacial score (nSPS) is 31.8. The largest absolute Gasteiger partial charge is 0.462 e. The van der Waals surface area contributed by atoms with Crippen molar-refractivity contribution in [1.82, 2.24) is 35.3 Å². The minimum atomic E-state index is -1.79. The number of amides is 1. The summed E-state index contributed by atoms with van der Waals surface area (Å²) in [5.41, 5.74) is 2.57. The molecule has 0 aliphatic carbocycles. The summed E-state index contributed by atoms with van der Waals surface area (Å²) in [5.74, 6) is 0.143. The van der Waals surface area contributed by atoms with Gasteiger partial charge in [-0.1, -0.05) is 104 Å². The number of aromatic nitrogens is 6. The highest BCUT2D eigenvalue weighted by molar-refractivity contribution is 5.81. The van der Waals surface area contributed by atoms with E-state index in [1.165, 1.54) is 21.8 Å². The highest BCUT2D eigenvalue weighted by Crippen LogP contribution is 2.37. The topological polar surface area (TPSA) is 308 Å². The third-order valence-corrected chi connectivity index (χ3v) is 12.4. The molecule has 22 heteroatoms. The first-order valence-corrected chi connectivity index (χ1v) is 22.7. The molecule has 5 aromatic rings. The maximum atomic E-state index is 12.4. The second kappa shape index (κ2) is 21.8. The van der Waals surface area contributed by atoms with Crippen molar-refractivity contribution < 1.29 is 74.1 Å². The number of nitrogens with one attached hydrogen (secondary N) is 1. The molecule has 1 amide bonds. The monoisotopic (exact) mass is 961 g/mol. The molecule has 5 heterocycles. The summed E-state index contributed by atoms with van der Waals surface area (Å²) in [6.07, 6.45) is -16.9. The number of carbonyl (C=O) groups is 1. The van der Waals surface area contributed by atoms with Crippen molar-refractivity contribution in [3.05, 3.63) is 103 Å². The molecule has 3 aliphatic rings. The number of aliphatic hydroxyl groups excluding tert-OH is 8. The van der Waals surface area contributed by atoms with Crippen LogP contribution in [0, 0.1) is 5.41 Å². The van der Waals surface area contributed by atoms with Crippen molar-refractivity contribution in [1.29, 1.82) is 0 Å². The van der Waals surface area contributed by atoms with Crippen LogP contribution in [0.1, 0.15) is 38.4 Å². The van der Waals surface area contributed by atoms with Gasteiger partial charge in [-0.25, -0.2) is 9.36 Å². The number of hydrogen-bond donors (Lipinski definition) is 9. The van der Waals surface area contributed by atoms with Crippen LogP contribution in [-0.2, 0) is 34.9 Å². The summed E-state index contributed by atoms with van der Waals surface area (Å²) in [6.45, 7) is 3.87. The zero-order chi connectivity index (χ0) is 49.0. The van der Waals surface area contributed by atoms with Crippen molar-refractivity contribution in [3.8, 4) is 28.3 Å². The molecule has 3 fully saturated rings. The third kappa shape index (κ3) is 11.2. The first kappa shape index (κ1) is 50.1. The number of ether oxygens (including phenoxy) is 6. The van der Waals surface area contributed by atoms with Crippen LogP contribution in [0.5, 0.6) is 5.75 Å². The maximum Gasteiger partial charge on any atom is 0.229 e. The summed E-state index contributed by atoms with van der Waals surface area (Å²) >= 11 is 0. The van der Waals surface area contributed by atoms with E-state index in [-0.39, 0.29) is 11.7 Å². The van der Waals surface area contributed by atoms with E-state index in [9.17, 15) is 45.6 Å². The minimum absolute atomic E-state index is 0.0905. The molecule has 0 spiro atoms. The lowest BCUT2D eigenvalue weighted by atomic mass is 9.95. The van der Waals surface area contributed by atoms with Crippen molar-refractivity contribution in [2.75, 3.05) is 26.4 Å². The van der Waals surface area contributed by atoms with Crippen molar-refractivity contribution in [2.24, 2.45) is 5.41 Å². The molecule has 22 nitrogen and oxygen atoms in total. The molecule has 0 radical (unpaired) electrons. The molecular weight excluding hydrogens is 903 g/mol. The molecule has 0 bridgehead atoms. The van der Waals surface area contributed by atoms with E-state index in [1.54, 1.807) is 48.5 Å². The molecule has 9 N–H and O–H groups in total. The van der Waals surface area contributed by atoms with E-state index in [4.69, 9.17) is 28.4 Å². The van der Waals surface area contributed by atoms with Gasteiger partial charge in [0.2, 0.25) is 12.2 Å². The Bertz CT molecular complexity index is 2410. The van der Waals surface area contributed by atoms with Gasteiger partial charge >= 0.3 is 0 Å². The lowest BCUT2D eigenvalue weighted by molar-refractivity contribution is -0.350. The van der Waals surface area contributed by atoms with Gasteiger partial charge in [0.15, 0.2) is 12.6 Å². The first-order chi connectivity index (χ1) is 33.1. The number of aliphatic hydroxyl groups is 8. The minimum Gasteiger partial charge on any atom is -0.462 e. The molecule has 15 atom stereocenters. The molecule has 3 aromatic carbocycles. The van der Waals surface area contributed by atoms with Gasteiger partial charge in [0.1, 0.15) is 90.3 Å². The van der Waals surface area contributed by atoms with Gasteiger partial charge in [-0.3, -0.25) is 4.79 Å². The van der Waals surface area contributed by atoms with Crippen molar-refractivity contribution in [2.45, 2.75) is 119 Å². The molecule has 2 aromatic heterocycles. The molecule has 372 valence electrons. The Morgan fingerprint density at radius 3 is 1.67 bits per heavy atom. The maximum absolute atomic E-state index is 12.4. The predicted molar refractivity (Wildman–Crippen MR) is 239 cm³/mol. The average Bonchev–Trinajstić information content (AvgIpc) is 4.05. The van der Waals surface area contributed by atoms with E-state index in [0.29, 0.717) is 35.5 Å². The smallest absolute Gasteiger partial charge is 0.229 e. The molecule has 6 unspecified atom stereocenters. The molecule has 3 saturated heterocycles. The Hall–Kier alpha value is -5.31. The second-order valence-electron chi connectivity index (χ2n) is 18.3. The van der Waals surface area contributed by atoms with Crippen LogP contribution in [0.25, 0.3) is 22.5 Å².